The van der Waals surface area contributed by atoms with Gasteiger partial charge in [0, 0.05) is 22.8 Å². The van der Waals surface area contributed by atoms with Crippen molar-refractivity contribution in [1.82, 2.24) is 20.4 Å². The van der Waals surface area contributed by atoms with Crippen molar-refractivity contribution in [3.8, 4) is 22.9 Å². The van der Waals surface area contributed by atoms with E-state index in [9.17, 15) is 4.79 Å². The van der Waals surface area contributed by atoms with E-state index in [1.54, 1.807) is 37.3 Å². The van der Waals surface area contributed by atoms with Crippen LogP contribution in [0, 0.1) is 0 Å². The van der Waals surface area contributed by atoms with Crippen molar-refractivity contribution in [3.05, 3.63) is 64.6 Å². The summed E-state index contributed by atoms with van der Waals surface area (Å²) in [6.07, 6.45) is 0. The maximum atomic E-state index is 12.8. The summed E-state index contributed by atoms with van der Waals surface area (Å²) in [4.78, 5) is 19.0. The predicted molar refractivity (Wildman–Crippen MR) is 121 cm³/mol. The van der Waals surface area contributed by atoms with Gasteiger partial charge in [-0.25, -0.2) is 4.79 Å². The zero-order valence-electron chi connectivity index (χ0n) is 18.2. The molecule has 3 aromatic rings. The van der Waals surface area contributed by atoms with E-state index >= 15 is 0 Å². The number of carbonyl (C=O) groups excluding carboxylic acids is 1. The topological polar surface area (TPSA) is 89.7 Å². The third kappa shape index (κ3) is 3.89. The van der Waals surface area contributed by atoms with Crippen molar-refractivity contribution < 1.29 is 18.8 Å². The van der Waals surface area contributed by atoms with Crippen LogP contribution in [0.2, 0.25) is 5.02 Å². The van der Waals surface area contributed by atoms with Gasteiger partial charge < -0.3 is 19.3 Å². The van der Waals surface area contributed by atoms with Gasteiger partial charge in [-0.2, -0.15) is 4.98 Å². The molecule has 0 bridgehead atoms. The van der Waals surface area contributed by atoms with Crippen molar-refractivity contribution >= 4 is 23.2 Å². The molecular weight excluding hydrogens is 432 g/mol. The van der Waals surface area contributed by atoms with E-state index in [1.807, 2.05) is 38.1 Å². The van der Waals surface area contributed by atoms with Crippen LogP contribution in [0.25, 0.3) is 17.0 Å². The Bertz CT molecular complexity index is 1170. The van der Waals surface area contributed by atoms with E-state index < -0.39 is 6.04 Å². The number of hydrogen-bond donors (Lipinski definition) is 1. The SMILES string of the molecule is CCN1C(=O)NC(c2ccc(OC)c(OC)c2)C(c2nc(-c3ccc(Cl)cc3)no2)=C1C. The first kappa shape index (κ1) is 21.7. The first-order valence-electron chi connectivity index (χ1n) is 10.1. The first-order valence-corrected chi connectivity index (χ1v) is 10.4. The van der Waals surface area contributed by atoms with Gasteiger partial charge in [0.15, 0.2) is 11.5 Å². The Morgan fingerprint density at radius 3 is 2.50 bits per heavy atom. The third-order valence-corrected chi connectivity index (χ3v) is 5.66. The van der Waals surface area contributed by atoms with Crippen LogP contribution in [0.15, 0.2) is 52.7 Å². The number of halogens is 1. The zero-order chi connectivity index (χ0) is 22.8. The quantitative estimate of drug-likeness (QED) is 0.568. The highest BCUT2D eigenvalue weighted by atomic mass is 35.5. The molecule has 1 unspecified atom stereocenters. The van der Waals surface area contributed by atoms with Crippen LogP contribution in [-0.2, 0) is 0 Å². The van der Waals surface area contributed by atoms with Crippen LogP contribution in [0.3, 0.4) is 0 Å². The summed E-state index contributed by atoms with van der Waals surface area (Å²) in [7, 11) is 3.14. The Hall–Kier alpha value is -3.52. The summed E-state index contributed by atoms with van der Waals surface area (Å²) < 4.78 is 16.4. The highest BCUT2D eigenvalue weighted by molar-refractivity contribution is 6.30. The van der Waals surface area contributed by atoms with Crippen LogP contribution in [-0.4, -0.2) is 41.8 Å². The number of benzene rings is 2. The molecule has 1 aromatic heterocycles. The number of nitrogens with one attached hydrogen (secondary N) is 1. The van der Waals surface area contributed by atoms with Gasteiger partial charge in [0.2, 0.25) is 5.82 Å². The predicted octanol–water partition coefficient (Wildman–Crippen LogP) is 4.92. The molecule has 9 heteroatoms. The normalized spacial score (nSPS) is 16.2. The molecule has 2 amide bonds. The summed E-state index contributed by atoms with van der Waals surface area (Å²) in [5, 5.41) is 7.81. The van der Waals surface area contributed by atoms with Gasteiger partial charge in [-0.1, -0.05) is 22.8 Å². The monoisotopic (exact) mass is 454 g/mol. The van der Waals surface area contributed by atoms with E-state index in [2.05, 4.69) is 15.5 Å². The Balaban J connectivity index is 1.81. The third-order valence-electron chi connectivity index (χ3n) is 5.41. The minimum absolute atomic E-state index is 0.203. The lowest BCUT2D eigenvalue weighted by Gasteiger charge is -2.34. The lowest BCUT2D eigenvalue weighted by atomic mass is 9.94. The molecule has 32 heavy (non-hydrogen) atoms. The fraction of sp³-hybridized carbons (Fsp3) is 0.261. The van der Waals surface area contributed by atoms with E-state index in [1.165, 1.54) is 0 Å². The fourth-order valence-corrected chi connectivity index (χ4v) is 3.90. The van der Waals surface area contributed by atoms with Gasteiger partial charge in [-0.3, -0.25) is 4.90 Å². The Kier molecular flexibility index (Phi) is 6.05. The van der Waals surface area contributed by atoms with Crippen LogP contribution >= 0.6 is 11.6 Å². The molecule has 1 N–H and O–H groups in total. The molecule has 0 aliphatic carbocycles. The fourth-order valence-electron chi connectivity index (χ4n) is 3.77. The van der Waals surface area contributed by atoms with Crippen LogP contribution < -0.4 is 14.8 Å². The van der Waals surface area contributed by atoms with Crippen molar-refractivity contribution in [2.24, 2.45) is 0 Å². The molecular formula is C23H23ClN4O4. The van der Waals surface area contributed by atoms with E-state index in [0.717, 1.165) is 16.8 Å². The molecule has 8 nitrogen and oxygen atoms in total. The van der Waals surface area contributed by atoms with Gasteiger partial charge >= 0.3 is 6.03 Å². The summed E-state index contributed by atoms with van der Waals surface area (Å²) in [5.74, 6) is 1.91. The number of allylic oxidation sites excluding steroid dienone is 1. The van der Waals surface area contributed by atoms with E-state index in [4.69, 9.17) is 25.6 Å². The number of aromatic nitrogens is 2. The van der Waals surface area contributed by atoms with E-state index in [-0.39, 0.29) is 6.03 Å². The second-order valence-corrected chi connectivity index (χ2v) is 7.61. The zero-order valence-corrected chi connectivity index (χ0v) is 18.9. The number of ether oxygens (including phenoxy) is 2. The average Bonchev–Trinajstić information content (AvgIpc) is 3.28. The van der Waals surface area contributed by atoms with Crippen molar-refractivity contribution in [1.29, 1.82) is 0 Å². The lowest BCUT2D eigenvalue weighted by molar-refractivity contribution is 0.207. The second-order valence-electron chi connectivity index (χ2n) is 7.17. The molecule has 0 saturated heterocycles. The highest BCUT2D eigenvalue weighted by Crippen LogP contribution is 2.40. The van der Waals surface area contributed by atoms with Crippen LogP contribution in [0.5, 0.6) is 11.5 Å². The molecule has 0 spiro atoms. The average molecular weight is 455 g/mol. The van der Waals surface area contributed by atoms with E-state index in [0.29, 0.717) is 40.4 Å². The molecule has 1 aliphatic rings. The molecule has 0 saturated carbocycles. The standard InChI is InChI=1S/C23H23ClN4O4/c1-5-28-13(2)19(22-26-21(27-32-22)14-6-9-16(24)10-7-14)20(25-23(28)29)15-8-11-17(30-3)18(12-15)31-4/h6-12,20H,5H2,1-4H3,(H,25,29). The Morgan fingerprint density at radius 1 is 1.12 bits per heavy atom. The highest BCUT2D eigenvalue weighted by Gasteiger charge is 2.35. The van der Waals surface area contributed by atoms with Gasteiger partial charge in [0.05, 0.1) is 25.8 Å². The number of carbonyl (C=O) groups is 1. The summed E-state index contributed by atoms with van der Waals surface area (Å²) in [5.41, 5.74) is 3.03. The van der Waals surface area contributed by atoms with Crippen molar-refractivity contribution in [3.63, 3.8) is 0 Å². The maximum Gasteiger partial charge on any atom is 0.322 e. The smallest absolute Gasteiger partial charge is 0.322 e. The van der Waals surface area contributed by atoms with Gasteiger partial charge in [0.1, 0.15) is 0 Å². The minimum atomic E-state index is -0.511. The summed E-state index contributed by atoms with van der Waals surface area (Å²) in [6, 6.07) is 12.0. The molecule has 0 fully saturated rings. The minimum Gasteiger partial charge on any atom is -0.493 e. The number of urea groups is 1. The molecule has 4 rings (SSSR count). The Morgan fingerprint density at radius 2 is 1.84 bits per heavy atom. The largest absolute Gasteiger partial charge is 0.493 e. The molecule has 1 aliphatic heterocycles. The number of rotatable bonds is 6. The van der Waals surface area contributed by atoms with Gasteiger partial charge in [0.25, 0.3) is 5.89 Å². The van der Waals surface area contributed by atoms with Crippen molar-refractivity contribution in [2.75, 3.05) is 20.8 Å². The lowest BCUT2D eigenvalue weighted by Crippen LogP contribution is -2.45. The first-order chi connectivity index (χ1) is 15.5. The molecule has 2 aromatic carbocycles. The summed E-state index contributed by atoms with van der Waals surface area (Å²) >= 11 is 5.99. The number of hydrogen-bond acceptors (Lipinski definition) is 6. The van der Waals surface area contributed by atoms with Crippen molar-refractivity contribution in [2.45, 2.75) is 19.9 Å². The number of methoxy groups -OCH3 is 2. The molecule has 1 atom stereocenters. The van der Waals surface area contributed by atoms with Gasteiger partial charge in [-0.05, 0) is 55.8 Å². The maximum absolute atomic E-state index is 12.8. The summed E-state index contributed by atoms with van der Waals surface area (Å²) in [6.45, 7) is 4.28. The number of amides is 2. The second kappa shape index (κ2) is 8.92. The molecule has 2 heterocycles. The van der Waals surface area contributed by atoms with Crippen LogP contribution in [0.1, 0.15) is 31.3 Å². The van der Waals surface area contributed by atoms with Crippen LogP contribution in [0.4, 0.5) is 4.79 Å². The number of nitrogens with zero attached hydrogens (tertiary/aromatic N) is 3. The molecule has 166 valence electrons. The molecule has 0 radical (unpaired) electrons. The van der Waals surface area contributed by atoms with Gasteiger partial charge in [-0.15, -0.1) is 0 Å². The Labute approximate surface area is 190 Å².